The minimum atomic E-state index is -3.47. The molecule has 0 rings (SSSR count). The summed E-state index contributed by atoms with van der Waals surface area (Å²) in [5.41, 5.74) is 0. The molecule has 0 saturated heterocycles. The van der Waals surface area contributed by atoms with Gasteiger partial charge in [0.15, 0.2) is 6.03 Å². The molecular formula is C4H10NaO4P. The summed E-state index contributed by atoms with van der Waals surface area (Å²) in [4.78, 5) is 10.6. The molecule has 0 aromatic rings. The predicted molar refractivity (Wildman–Crippen MR) is 31.3 cm³/mol. The number of methoxy groups -OCH3 is 2. The molecule has 6 heteroatoms. The summed E-state index contributed by atoms with van der Waals surface area (Å²) in [6.07, 6.45) is 0. The number of ether oxygens (including phenoxy) is 2. The molecule has 0 aliphatic carbocycles. The maximum atomic E-state index is 10.6. The van der Waals surface area contributed by atoms with Gasteiger partial charge in [0.25, 0.3) is 0 Å². The Kier molecular flexibility index (Phi) is 7.83. The van der Waals surface area contributed by atoms with E-state index in [1.165, 1.54) is 14.2 Å². The largest absolute Gasteiger partial charge is 1.00 e. The fraction of sp³-hybridized carbons (Fsp3) is 1.00. The quantitative estimate of drug-likeness (QED) is 0.258. The number of rotatable bonds is 3. The van der Waals surface area contributed by atoms with E-state index in [4.69, 9.17) is 0 Å². The van der Waals surface area contributed by atoms with E-state index in [-0.39, 0.29) is 29.6 Å². The number of hydrogen-bond donors (Lipinski definition) is 0. The molecule has 0 heterocycles. The van der Waals surface area contributed by atoms with Gasteiger partial charge in [0.2, 0.25) is 0 Å². The van der Waals surface area contributed by atoms with Crippen LogP contribution in [-0.4, -0.2) is 26.9 Å². The molecule has 1 atom stereocenters. The molecule has 4 nitrogen and oxygen atoms in total. The second kappa shape index (κ2) is 5.72. The van der Waals surface area contributed by atoms with E-state index in [2.05, 4.69) is 9.47 Å². The van der Waals surface area contributed by atoms with Crippen molar-refractivity contribution in [3.63, 3.8) is 0 Å². The SMILES string of the molecule is COC(OC)P(C)(=O)[O-].[Na+]. The molecule has 0 amide bonds. The summed E-state index contributed by atoms with van der Waals surface area (Å²) in [7, 11) is -0.910. The van der Waals surface area contributed by atoms with Crippen molar-refractivity contribution in [2.45, 2.75) is 6.03 Å². The summed E-state index contributed by atoms with van der Waals surface area (Å²) in [5.74, 6) is 0. The Hall–Kier alpha value is 1.11. The van der Waals surface area contributed by atoms with Gasteiger partial charge in [0.05, 0.1) is 7.37 Å². The van der Waals surface area contributed by atoms with Crippen molar-refractivity contribution >= 4 is 7.37 Å². The average Bonchev–Trinajstić information content (AvgIpc) is 1.65. The summed E-state index contributed by atoms with van der Waals surface area (Å²) in [6, 6.07) is -1.10. The maximum absolute atomic E-state index is 10.6. The van der Waals surface area contributed by atoms with E-state index in [1.54, 1.807) is 0 Å². The van der Waals surface area contributed by atoms with Crippen molar-refractivity contribution in [2.24, 2.45) is 0 Å². The second-order valence-electron chi connectivity index (χ2n) is 1.69. The Balaban J connectivity index is 0. The molecule has 0 aliphatic rings. The van der Waals surface area contributed by atoms with Crippen LogP contribution in [0, 0.1) is 0 Å². The molecule has 56 valence electrons. The van der Waals surface area contributed by atoms with Crippen LogP contribution < -0.4 is 34.5 Å². The second-order valence-corrected chi connectivity index (χ2v) is 3.93. The molecule has 0 aromatic heterocycles. The fourth-order valence-corrected chi connectivity index (χ4v) is 1.25. The van der Waals surface area contributed by atoms with Crippen LogP contribution in [0.5, 0.6) is 0 Å². The van der Waals surface area contributed by atoms with Gasteiger partial charge in [0, 0.05) is 14.2 Å². The first-order valence-electron chi connectivity index (χ1n) is 2.36. The van der Waals surface area contributed by atoms with Crippen LogP contribution in [0.1, 0.15) is 0 Å². The van der Waals surface area contributed by atoms with Crippen LogP contribution in [-0.2, 0) is 14.0 Å². The topological polar surface area (TPSA) is 58.6 Å². The standard InChI is InChI=1S/C4H11O4P.Na/c1-7-4(8-2)9(3,5)6;/h4H,1-3H3,(H,5,6);/q;+1/p-1. The average molecular weight is 176 g/mol. The van der Waals surface area contributed by atoms with Crippen LogP contribution in [0.15, 0.2) is 0 Å². The van der Waals surface area contributed by atoms with E-state index < -0.39 is 13.4 Å². The van der Waals surface area contributed by atoms with Crippen LogP contribution in [0.3, 0.4) is 0 Å². The van der Waals surface area contributed by atoms with Gasteiger partial charge in [-0.15, -0.1) is 0 Å². The van der Waals surface area contributed by atoms with Gasteiger partial charge in [0.1, 0.15) is 0 Å². The molecule has 0 aromatic carbocycles. The Morgan fingerprint density at radius 1 is 1.40 bits per heavy atom. The zero-order chi connectivity index (χ0) is 7.49. The Morgan fingerprint density at radius 2 is 1.70 bits per heavy atom. The number of hydrogen-bond acceptors (Lipinski definition) is 4. The van der Waals surface area contributed by atoms with Crippen molar-refractivity contribution < 1.29 is 48.5 Å². The van der Waals surface area contributed by atoms with Crippen LogP contribution >= 0.6 is 7.37 Å². The van der Waals surface area contributed by atoms with Crippen molar-refractivity contribution in [1.82, 2.24) is 0 Å². The molecule has 0 bridgehead atoms. The Morgan fingerprint density at radius 3 is 1.70 bits per heavy atom. The third kappa shape index (κ3) is 4.85. The maximum Gasteiger partial charge on any atom is 1.00 e. The van der Waals surface area contributed by atoms with Crippen LogP contribution in [0.25, 0.3) is 0 Å². The summed E-state index contributed by atoms with van der Waals surface area (Å²) < 4.78 is 19.5. The molecule has 0 spiro atoms. The third-order valence-corrected chi connectivity index (χ3v) is 1.97. The van der Waals surface area contributed by atoms with Gasteiger partial charge in [-0.25, -0.2) is 0 Å². The first-order valence-corrected chi connectivity index (χ1v) is 4.50. The van der Waals surface area contributed by atoms with Crippen molar-refractivity contribution in [3.8, 4) is 0 Å². The third-order valence-electron chi connectivity index (χ3n) is 0.786. The van der Waals surface area contributed by atoms with Gasteiger partial charge < -0.3 is 18.9 Å². The van der Waals surface area contributed by atoms with Gasteiger partial charge in [-0.2, -0.15) is 0 Å². The Bertz CT molecular complexity index is 118. The molecule has 0 aliphatic heterocycles. The zero-order valence-corrected chi connectivity index (χ0v) is 9.55. The van der Waals surface area contributed by atoms with Crippen LogP contribution in [0.4, 0.5) is 0 Å². The van der Waals surface area contributed by atoms with Gasteiger partial charge in [-0.3, -0.25) is 0 Å². The minimum absolute atomic E-state index is 0. The predicted octanol–water partition coefficient (Wildman–Crippen LogP) is -3.16. The van der Waals surface area contributed by atoms with E-state index in [1.807, 2.05) is 0 Å². The summed E-state index contributed by atoms with van der Waals surface area (Å²) in [5, 5.41) is 0. The monoisotopic (exact) mass is 176 g/mol. The molecular weight excluding hydrogens is 166 g/mol. The summed E-state index contributed by atoms with van der Waals surface area (Å²) >= 11 is 0. The smallest absolute Gasteiger partial charge is 0.796 e. The minimum Gasteiger partial charge on any atom is -0.796 e. The molecule has 0 N–H and O–H groups in total. The van der Waals surface area contributed by atoms with Crippen LogP contribution in [0.2, 0.25) is 0 Å². The Labute approximate surface area is 82.6 Å². The summed E-state index contributed by atoms with van der Waals surface area (Å²) in [6.45, 7) is 1.07. The molecule has 0 saturated carbocycles. The molecule has 0 radical (unpaired) electrons. The van der Waals surface area contributed by atoms with Crippen molar-refractivity contribution in [2.75, 3.05) is 20.9 Å². The van der Waals surface area contributed by atoms with E-state index >= 15 is 0 Å². The normalized spacial score (nSPS) is 16.1. The molecule has 10 heavy (non-hydrogen) atoms. The first-order chi connectivity index (χ1) is 4.02. The van der Waals surface area contributed by atoms with E-state index in [0.29, 0.717) is 0 Å². The van der Waals surface area contributed by atoms with E-state index in [0.717, 1.165) is 6.66 Å². The first kappa shape index (κ1) is 13.7. The van der Waals surface area contributed by atoms with Gasteiger partial charge in [-0.05, 0) is 6.66 Å². The van der Waals surface area contributed by atoms with Gasteiger partial charge in [-0.1, -0.05) is 0 Å². The molecule has 1 unspecified atom stereocenters. The van der Waals surface area contributed by atoms with Crippen molar-refractivity contribution in [1.29, 1.82) is 0 Å². The fourth-order valence-electron chi connectivity index (χ4n) is 0.479. The van der Waals surface area contributed by atoms with Gasteiger partial charge >= 0.3 is 29.6 Å². The van der Waals surface area contributed by atoms with E-state index in [9.17, 15) is 9.46 Å². The zero-order valence-electron chi connectivity index (χ0n) is 6.66. The van der Waals surface area contributed by atoms with Crippen molar-refractivity contribution in [3.05, 3.63) is 0 Å². The molecule has 0 fully saturated rings.